The summed E-state index contributed by atoms with van der Waals surface area (Å²) in [6.45, 7) is 0. The van der Waals surface area contributed by atoms with E-state index in [9.17, 15) is 0 Å². The van der Waals surface area contributed by atoms with Crippen LogP contribution >= 0.6 is 0 Å². The Bertz CT molecular complexity index is 13.5. The Morgan fingerprint density at radius 1 is 1.25 bits per heavy atom. The van der Waals surface area contributed by atoms with Crippen LogP contribution < -0.4 is 0 Å². The summed E-state index contributed by atoms with van der Waals surface area (Å²) in [5.41, 5.74) is 0. The van der Waals surface area contributed by atoms with E-state index >= 15 is 0 Å². The second-order valence-electron chi connectivity index (χ2n) is 0. The molecule has 0 amide bonds. The molecule has 0 aliphatic heterocycles. The van der Waals surface area contributed by atoms with Gasteiger partial charge in [0.15, 0.2) is 0 Å². The molecule has 0 rings (SSSR count). The Kier molecular flexibility index (Phi) is 103. The Balaban J connectivity index is 0. The molecule has 0 bridgehead atoms. The third-order valence-electron chi connectivity index (χ3n) is 0. The van der Waals surface area contributed by atoms with E-state index in [-0.39, 0.29) is 113 Å². The van der Waals surface area contributed by atoms with Crippen molar-refractivity contribution in [1.82, 2.24) is 0 Å². The topological polar surface area (TPSA) is 0 Å². The van der Waals surface area contributed by atoms with Crippen LogP contribution in [0.5, 0.6) is 0 Å². The maximum absolute atomic E-state index is 0. The van der Waals surface area contributed by atoms with E-state index in [1.807, 2.05) is 0 Å². The normalized spacial score (nSPS) is 0. The minimum atomic E-state index is 0. The molecule has 0 heterocycles. The zero-order chi connectivity index (χ0) is 0. The second-order valence-corrected chi connectivity index (χ2v) is 0. The van der Waals surface area contributed by atoms with Crippen molar-refractivity contribution in [2.75, 3.05) is 0 Å². The van der Waals surface area contributed by atoms with E-state index < -0.39 is 0 Å². The molecule has 0 aliphatic rings. The first-order valence-electron chi connectivity index (χ1n) is 0. The first-order valence-corrected chi connectivity index (χ1v) is 0. The zero-order valence-electron chi connectivity index (χ0n) is 3.73. The van der Waals surface area contributed by atoms with Gasteiger partial charge in [-0.15, -0.1) is 0 Å². The van der Waals surface area contributed by atoms with Gasteiger partial charge >= 0.3 is 110 Å². The molecule has 0 saturated carbocycles. The fourth-order valence-corrected chi connectivity index (χ4v) is 0. The summed E-state index contributed by atoms with van der Waals surface area (Å²) >= 11 is 0. The molecule has 4 heavy (non-hydrogen) atoms. The van der Waals surface area contributed by atoms with Crippen LogP contribution in [0.1, 0.15) is 2.85 Å². The van der Waals surface area contributed by atoms with Crippen LogP contribution in [0.4, 0.5) is 0 Å². The second kappa shape index (κ2) is 16.0. The molecule has 0 aromatic heterocycles. The van der Waals surface area contributed by atoms with Crippen molar-refractivity contribution in [3.63, 3.8) is 0 Å². The Hall–Kier alpha value is 3.55. The molecule has 0 spiro atoms. The van der Waals surface area contributed by atoms with Gasteiger partial charge in [0.1, 0.15) is 0 Å². The van der Waals surface area contributed by atoms with Crippen LogP contribution in [0.15, 0.2) is 0 Å². The van der Waals surface area contributed by atoms with Gasteiger partial charge in [-0.2, -0.15) is 0 Å². The molecule has 0 unspecified atom stereocenters. The maximum atomic E-state index is 0. The molecule has 4 heteroatoms. The summed E-state index contributed by atoms with van der Waals surface area (Å²) < 4.78 is 0. The molecule has 0 nitrogen and oxygen atoms in total. The van der Waals surface area contributed by atoms with Crippen LogP contribution in [-0.4, -0.2) is 110 Å². The van der Waals surface area contributed by atoms with Crippen molar-refractivity contribution in [3.05, 3.63) is 0 Å². The van der Waals surface area contributed by atoms with Gasteiger partial charge in [0.25, 0.3) is 0 Å². The monoisotopic (exact) mass is 416 g/mol. The summed E-state index contributed by atoms with van der Waals surface area (Å²) in [4.78, 5) is 0. The van der Waals surface area contributed by atoms with Gasteiger partial charge in [-0.25, -0.2) is 0 Å². The van der Waals surface area contributed by atoms with Crippen LogP contribution in [0.2, 0.25) is 0 Å². The van der Waals surface area contributed by atoms with E-state index in [4.69, 9.17) is 0 Å². The van der Waals surface area contributed by atoms with Crippen molar-refractivity contribution >= 4 is 110 Å². The molecule has 0 saturated heterocycles. The predicted molar refractivity (Wildman–Crippen MR) is 33.6 cm³/mol. The van der Waals surface area contributed by atoms with Crippen molar-refractivity contribution in [1.29, 1.82) is 0 Å². The SMILES string of the molecule is [Ba+2].[GaH3].[H-].[H-].[SbH2].[SeH]. The molecule has 0 atom stereocenters. The van der Waals surface area contributed by atoms with E-state index in [2.05, 4.69) is 0 Å². The third kappa shape index (κ3) is 9.11. The van der Waals surface area contributed by atoms with Gasteiger partial charge in [-0.1, -0.05) is 0 Å². The van der Waals surface area contributed by atoms with Crippen LogP contribution in [-0.2, 0) is 0 Å². The molecule has 0 aromatic rings. The van der Waals surface area contributed by atoms with Crippen molar-refractivity contribution in [3.8, 4) is 0 Å². The molecule has 0 N–H and O–H groups in total. The summed E-state index contributed by atoms with van der Waals surface area (Å²) in [6, 6.07) is 0. The third-order valence-corrected chi connectivity index (χ3v) is 0. The van der Waals surface area contributed by atoms with E-state index in [1.165, 1.54) is 0 Å². The summed E-state index contributed by atoms with van der Waals surface area (Å²) in [5, 5.41) is 0. The van der Waals surface area contributed by atoms with E-state index in [1.54, 1.807) is 0 Å². The quantitative estimate of drug-likeness (QED) is 0.372. The standard InChI is InChI=1S/Ba.Ga.Sb.HSe.7H/h;;;1H;;;;;;;/q+2;;;;;;;;;2*-1. The predicted octanol–water partition coefficient (Wildman–Crippen LogP) is -2.90. The van der Waals surface area contributed by atoms with E-state index in [0.717, 1.165) is 0 Å². The van der Waals surface area contributed by atoms with Gasteiger partial charge < -0.3 is 2.85 Å². The van der Waals surface area contributed by atoms with Crippen LogP contribution in [0.25, 0.3) is 0 Å². The zero-order valence-corrected chi connectivity index (χ0v) is 11.3. The Morgan fingerprint density at radius 2 is 1.25 bits per heavy atom. The van der Waals surface area contributed by atoms with Crippen LogP contribution in [0, 0.1) is 0 Å². The van der Waals surface area contributed by atoms with Gasteiger partial charge in [-0.05, 0) is 0 Å². The number of hydrogen-bond acceptors (Lipinski definition) is 0. The molecule has 2 radical (unpaired) electrons. The van der Waals surface area contributed by atoms with Gasteiger partial charge in [-0.3, -0.25) is 0 Å². The van der Waals surface area contributed by atoms with Gasteiger partial charge in [0.2, 0.25) is 0 Å². The summed E-state index contributed by atoms with van der Waals surface area (Å²) in [5.74, 6) is 0. The van der Waals surface area contributed by atoms with Crippen molar-refractivity contribution < 1.29 is 2.85 Å². The fraction of sp³-hybridized carbons (Fsp3) is 0. The van der Waals surface area contributed by atoms with Gasteiger partial charge in [0, 0.05) is 0 Å². The molecule has 0 aromatic carbocycles. The molecular formula is H8BaGaSbSe. The molecule has 24 valence electrons. The van der Waals surface area contributed by atoms with Crippen molar-refractivity contribution in [2.45, 2.75) is 0 Å². The molecule has 0 aliphatic carbocycles. The molecular weight excluding hydrogens is 408 g/mol. The van der Waals surface area contributed by atoms with E-state index in [0.29, 0.717) is 0 Å². The first kappa shape index (κ1) is 25.7. The number of hydrogen-bond donors (Lipinski definition) is 0. The van der Waals surface area contributed by atoms with Gasteiger partial charge in [0.05, 0.1) is 0 Å². The minimum absolute atomic E-state index is 0. The first-order chi connectivity index (χ1) is 0. The van der Waals surface area contributed by atoms with Crippen LogP contribution in [0.3, 0.4) is 0 Å². The van der Waals surface area contributed by atoms with Crippen molar-refractivity contribution in [2.24, 2.45) is 0 Å². The molecule has 0 fully saturated rings. The average molecular weight is 416 g/mol. The Morgan fingerprint density at radius 3 is 1.25 bits per heavy atom. The fourth-order valence-electron chi connectivity index (χ4n) is 0. The number of rotatable bonds is 0. The Labute approximate surface area is 110 Å². The average Bonchev–Trinajstić information content (AvgIpc) is 0. The summed E-state index contributed by atoms with van der Waals surface area (Å²) in [6.07, 6.45) is 0. The summed E-state index contributed by atoms with van der Waals surface area (Å²) in [7, 11) is 0.